The Morgan fingerprint density at radius 3 is 2.85 bits per heavy atom. The van der Waals surface area contributed by atoms with Crippen LogP contribution in [0.25, 0.3) is 0 Å². The lowest BCUT2D eigenvalue weighted by Gasteiger charge is -2.27. The molecule has 0 heterocycles. The van der Waals surface area contributed by atoms with Crippen molar-refractivity contribution in [3.63, 3.8) is 0 Å². The maximum absolute atomic E-state index is 13.2. The molecule has 110 valence electrons. The standard InChI is InChI=1S/C13H16FN2O4/c1-8(17)15-10-3-4-11(7-10)20-13-6-9(14)2-5-12(13)16(18)19/h2,5-6,10-11,16H,3-4,7H2,1H3,(H,15,17)/q-1/t10-,11-/m0/s1. The number of ether oxygens (including phenoxy) is 1. The number of carbonyl (C=O) groups is 1. The van der Waals surface area contributed by atoms with Crippen molar-refractivity contribution in [3.05, 3.63) is 34.4 Å². The molecule has 2 rings (SSSR count). The van der Waals surface area contributed by atoms with Crippen LogP contribution in [0.3, 0.4) is 0 Å². The van der Waals surface area contributed by atoms with E-state index in [4.69, 9.17) is 4.74 Å². The summed E-state index contributed by atoms with van der Waals surface area (Å²) in [6.45, 7) is 1.44. The summed E-state index contributed by atoms with van der Waals surface area (Å²) >= 11 is 0. The van der Waals surface area contributed by atoms with Crippen LogP contribution in [0.15, 0.2) is 18.2 Å². The molecule has 0 radical (unpaired) electrons. The Labute approximate surface area is 115 Å². The summed E-state index contributed by atoms with van der Waals surface area (Å²) in [4.78, 5) is 11.0. The lowest BCUT2D eigenvalue weighted by atomic mass is 10.2. The molecular formula is C13H16FN2O4-. The van der Waals surface area contributed by atoms with Crippen LogP contribution in [0, 0.1) is 16.2 Å². The molecule has 0 aromatic heterocycles. The Morgan fingerprint density at radius 1 is 1.45 bits per heavy atom. The summed E-state index contributed by atoms with van der Waals surface area (Å²) in [5, 5.41) is 23.3. The first-order chi connectivity index (χ1) is 9.45. The summed E-state index contributed by atoms with van der Waals surface area (Å²) in [5.74, 6) is -0.711. The summed E-state index contributed by atoms with van der Waals surface area (Å²) < 4.78 is 18.7. The minimum atomic E-state index is -1.41. The van der Waals surface area contributed by atoms with E-state index in [1.807, 2.05) is 0 Å². The number of quaternary nitrogens is 1. The molecule has 0 aliphatic heterocycles. The molecule has 1 fully saturated rings. The first-order valence-corrected chi connectivity index (χ1v) is 6.40. The summed E-state index contributed by atoms with van der Waals surface area (Å²) in [6, 6.07) is 3.22. The molecule has 0 spiro atoms. The number of nitrogens with one attached hydrogen (secondary N) is 2. The molecule has 0 unspecified atom stereocenters. The van der Waals surface area contributed by atoms with Gasteiger partial charge >= 0.3 is 0 Å². The van der Waals surface area contributed by atoms with E-state index in [0.717, 1.165) is 24.6 Å². The summed E-state index contributed by atoms with van der Waals surface area (Å²) in [6.07, 6.45) is 1.75. The van der Waals surface area contributed by atoms with Gasteiger partial charge in [0.1, 0.15) is 11.9 Å². The molecule has 1 aliphatic carbocycles. The molecule has 2 N–H and O–H groups in total. The number of rotatable bonds is 4. The van der Waals surface area contributed by atoms with Crippen LogP contribution in [0.2, 0.25) is 0 Å². The van der Waals surface area contributed by atoms with E-state index in [1.165, 1.54) is 6.92 Å². The molecule has 0 bridgehead atoms. The highest BCUT2D eigenvalue weighted by Gasteiger charge is 2.27. The van der Waals surface area contributed by atoms with Gasteiger partial charge in [-0.25, -0.2) is 4.39 Å². The molecule has 2 atom stereocenters. The van der Waals surface area contributed by atoms with Crippen LogP contribution < -0.4 is 15.3 Å². The van der Waals surface area contributed by atoms with Crippen LogP contribution >= 0.6 is 0 Å². The highest BCUT2D eigenvalue weighted by Crippen LogP contribution is 2.29. The molecule has 1 aromatic rings. The van der Waals surface area contributed by atoms with E-state index < -0.39 is 11.0 Å². The highest BCUT2D eigenvalue weighted by molar-refractivity contribution is 5.73. The molecule has 1 saturated carbocycles. The summed E-state index contributed by atoms with van der Waals surface area (Å²) in [7, 11) is 0. The van der Waals surface area contributed by atoms with Crippen molar-refractivity contribution in [2.24, 2.45) is 0 Å². The number of halogens is 1. The van der Waals surface area contributed by atoms with Crippen LogP contribution in [0.4, 0.5) is 10.1 Å². The van der Waals surface area contributed by atoms with E-state index >= 15 is 0 Å². The fourth-order valence-electron chi connectivity index (χ4n) is 2.41. The monoisotopic (exact) mass is 283 g/mol. The van der Waals surface area contributed by atoms with Gasteiger partial charge in [-0.2, -0.15) is 0 Å². The molecule has 1 amide bonds. The van der Waals surface area contributed by atoms with Crippen molar-refractivity contribution in [1.29, 1.82) is 0 Å². The first-order valence-electron chi connectivity index (χ1n) is 6.40. The lowest BCUT2D eigenvalue weighted by Crippen LogP contribution is -2.96. The van der Waals surface area contributed by atoms with Gasteiger partial charge in [-0.1, -0.05) is 0 Å². The Balaban J connectivity index is 2.04. The van der Waals surface area contributed by atoms with E-state index in [9.17, 15) is 19.6 Å². The number of amides is 1. The molecule has 0 saturated heterocycles. The van der Waals surface area contributed by atoms with Gasteiger partial charge in [0.05, 0.1) is 0 Å². The summed E-state index contributed by atoms with van der Waals surface area (Å²) in [5.41, 5.74) is -0.172. The van der Waals surface area contributed by atoms with Crippen molar-refractivity contribution in [1.82, 2.24) is 5.32 Å². The first kappa shape index (κ1) is 14.7. The van der Waals surface area contributed by atoms with Gasteiger partial charge < -0.3 is 25.7 Å². The second kappa shape index (κ2) is 6.17. The molecule has 1 aliphatic rings. The Bertz CT molecular complexity index is 495. The third-order valence-corrected chi connectivity index (χ3v) is 3.25. The predicted octanol–water partition coefficient (Wildman–Crippen LogP) is 0.774. The smallest absolute Gasteiger partial charge is 0.217 e. The molecule has 7 heteroatoms. The number of hydrogen-bond acceptors (Lipinski definition) is 4. The van der Waals surface area contributed by atoms with Crippen molar-refractivity contribution in [2.75, 3.05) is 0 Å². The third-order valence-electron chi connectivity index (χ3n) is 3.25. The second-order valence-corrected chi connectivity index (χ2v) is 4.88. The number of hydrogen-bond donors (Lipinski definition) is 2. The highest BCUT2D eigenvalue weighted by atomic mass is 19.1. The quantitative estimate of drug-likeness (QED) is 0.799. The molecule has 1 aromatic carbocycles. The van der Waals surface area contributed by atoms with Gasteiger partial charge in [-0.05, 0) is 18.9 Å². The molecular weight excluding hydrogens is 267 g/mol. The van der Waals surface area contributed by atoms with Gasteiger partial charge in [-0.3, -0.25) is 4.79 Å². The normalized spacial score (nSPS) is 22.1. The van der Waals surface area contributed by atoms with Crippen molar-refractivity contribution in [2.45, 2.75) is 38.3 Å². The van der Waals surface area contributed by atoms with Crippen molar-refractivity contribution >= 4 is 11.6 Å². The van der Waals surface area contributed by atoms with Crippen LogP contribution in [-0.2, 0) is 4.79 Å². The molecule has 6 nitrogen and oxygen atoms in total. The average Bonchev–Trinajstić information content (AvgIpc) is 2.75. The fourth-order valence-corrected chi connectivity index (χ4v) is 2.41. The topological polar surface area (TPSA) is 88.9 Å². The number of benzene rings is 1. The average molecular weight is 283 g/mol. The maximum atomic E-state index is 13.2. The van der Waals surface area contributed by atoms with Crippen LogP contribution in [0.1, 0.15) is 26.2 Å². The van der Waals surface area contributed by atoms with Crippen molar-refractivity contribution in [3.8, 4) is 5.75 Å². The zero-order valence-electron chi connectivity index (χ0n) is 11.0. The second-order valence-electron chi connectivity index (χ2n) is 4.88. The number of carbonyl (C=O) groups excluding carboxylic acids is 1. The van der Waals surface area contributed by atoms with E-state index in [1.54, 1.807) is 0 Å². The zero-order valence-corrected chi connectivity index (χ0v) is 11.0. The van der Waals surface area contributed by atoms with E-state index in [2.05, 4.69) is 5.32 Å². The zero-order chi connectivity index (χ0) is 14.7. The maximum Gasteiger partial charge on any atom is 0.217 e. The lowest BCUT2D eigenvalue weighted by molar-refractivity contribution is -0.715. The van der Waals surface area contributed by atoms with Crippen LogP contribution in [0.5, 0.6) is 5.75 Å². The van der Waals surface area contributed by atoms with Gasteiger partial charge in [-0.15, -0.1) is 0 Å². The van der Waals surface area contributed by atoms with E-state index in [-0.39, 0.29) is 29.5 Å². The van der Waals surface area contributed by atoms with Crippen molar-refractivity contribution < 1.29 is 19.1 Å². The minimum Gasteiger partial charge on any atom is -0.628 e. The largest absolute Gasteiger partial charge is 0.628 e. The van der Waals surface area contributed by atoms with Gasteiger partial charge in [0.2, 0.25) is 5.91 Å². The van der Waals surface area contributed by atoms with Gasteiger partial charge in [0.15, 0.2) is 11.4 Å². The Morgan fingerprint density at radius 2 is 2.20 bits per heavy atom. The Hall–Kier alpha value is -1.70. The SMILES string of the molecule is CC(=O)N[C@H]1CC[C@H](Oc2cc(F)ccc2[NH+]([O-])[O-])C1. The Kier molecular flexibility index (Phi) is 4.53. The van der Waals surface area contributed by atoms with Crippen LogP contribution in [-0.4, -0.2) is 18.1 Å². The minimum absolute atomic E-state index is 0.0115. The predicted molar refractivity (Wildman–Crippen MR) is 69.6 cm³/mol. The third kappa shape index (κ3) is 3.66. The molecule has 20 heavy (non-hydrogen) atoms. The van der Waals surface area contributed by atoms with Gasteiger partial charge in [0.25, 0.3) is 0 Å². The fraction of sp³-hybridized carbons (Fsp3) is 0.462. The van der Waals surface area contributed by atoms with E-state index in [0.29, 0.717) is 12.8 Å². The van der Waals surface area contributed by atoms with Gasteiger partial charge in [0, 0.05) is 31.5 Å².